The molecular formula is C18H22N2O4. The molecule has 2 heterocycles. The monoisotopic (exact) mass is 330 g/mol. The Labute approximate surface area is 140 Å². The van der Waals surface area contributed by atoms with Gasteiger partial charge in [0.25, 0.3) is 5.91 Å². The Bertz CT molecular complexity index is 784. The molecule has 2 N–H and O–H groups in total. The standard InChI is InChI=1S/C18H22N2O4/c1-12(19)14-3-2-8-20(10-14)17(21)11-23-15-6-4-13-5-7-18(22)24-16(13)9-15/h4-7,9,12,14H,2-3,8,10-11,19H2,1H3. The summed E-state index contributed by atoms with van der Waals surface area (Å²) in [5.74, 6) is 0.804. The molecule has 1 saturated heterocycles. The summed E-state index contributed by atoms with van der Waals surface area (Å²) in [6.45, 7) is 3.39. The first-order valence-electron chi connectivity index (χ1n) is 8.23. The molecule has 1 aliphatic rings. The summed E-state index contributed by atoms with van der Waals surface area (Å²) in [4.78, 5) is 25.4. The quantitative estimate of drug-likeness (QED) is 0.863. The van der Waals surface area contributed by atoms with Crippen molar-refractivity contribution in [2.75, 3.05) is 19.7 Å². The van der Waals surface area contributed by atoms with E-state index in [1.165, 1.54) is 6.07 Å². The number of benzene rings is 1. The molecule has 6 heteroatoms. The van der Waals surface area contributed by atoms with E-state index in [9.17, 15) is 9.59 Å². The highest BCUT2D eigenvalue weighted by Crippen LogP contribution is 2.21. The van der Waals surface area contributed by atoms with Crippen molar-refractivity contribution in [3.8, 4) is 5.75 Å². The van der Waals surface area contributed by atoms with Crippen molar-refractivity contribution < 1.29 is 13.9 Å². The molecule has 0 radical (unpaired) electrons. The van der Waals surface area contributed by atoms with Crippen LogP contribution in [0.15, 0.2) is 39.5 Å². The molecule has 0 bridgehead atoms. The van der Waals surface area contributed by atoms with Gasteiger partial charge in [-0.25, -0.2) is 4.79 Å². The minimum atomic E-state index is -0.411. The summed E-state index contributed by atoms with van der Waals surface area (Å²) in [5, 5.41) is 0.809. The molecule has 0 saturated carbocycles. The molecule has 3 rings (SSSR count). The van der Waals surface area contributed by atoms with Gasteiger partial charge >= 0.3 is 5.63 Å². The summed E-state index contributed by atoms with van der Waals surface area (Å²) in [5.41, 5.74) is 5.99. The van der Waals surface area contributed by atoms with E-state index in [2.05, 4.69) is 0 Å². The van der Waals surface area contributed by atoms with Crippen molar-refractivity contribution >= 4 is 16.9 Å². The van der Waals surface area contributed by atoms with Crippen LogP contribution in [-0.4, -0.2) is 36.5 Å². The third-order valence-electron chi connectivity index (χ3n) is 4.51. The van der Waals surface area contributed by atoms with Crippen LogP contribution in [0.2, 0.25) is 0 Å². The molecule has 6 nitrogen and oxygen atoms in total. The first-order chi connectivity index (χ1) is 11.5. The minimum absolute atomic E-state index is 0.0335. The smallest absolute Gasteiger partial charge is 0.336 e. The van der Waals surface area contributed by atoms with Gasteiger partial charge in [-0.3, -0.25) is 4.79 Å². The molecule has 0 spiro atoms. The number of likely N-dealkylation sites (tertiary alicyclic amines) is 1. The number of piperidine rings is 1. The van der Waals surface area contributed by atoms with Crippen molar-refractivity contribution in [3.05, 3.63) is 40.8 Å². The van der Waals surface area contributed by atoms with Gasteiger partial charge in [-0.15, -0.1) is 0 Å². The molecule has 1 aliphatic heterocycles. The number of nitrogens with two attached hydrogens (primary N) is 1. The van der Waals surface area contributed by atoms with Crippen molar-refractivity contribution in [1.82, 2.24) is 4.90 Å². The summed E-state index contributed by atoms with van der Waals surface area (Å²) in [6.07, 6.45) is 2.03. The third kappa shape index (κ3) is 3.76. The zero-order chi connectivity index (χ0) is 17.1. The second kappa shape index (κ2) is 7.05. The van der Waals surface area contributed by atoms with Crippen LogP contribution >= 0.6 is 0 Å². The van der Waals surface area contributed by atoms with Gasteiger partial charge in [0.05, 0.1) is 0 Å². The molecule has 1 amide bonds. The van der Waals surface area contributed by atoms with E-state index in [-0.39, 0.29) is 18.6 Å². The lowest BCUT2D eigenvalue weighted by molar-refractivity contribution is -0.135. The average molecular weight is 330 g/mol. The molecule has 1 aromatic carbocycles. The van der Waals surface area contributed by atoms with Crippen LogP contribution in [0.25, 0.3) is 11.0 Å². The van der Waals surface area contributed by atoms with Gasteiger partial charge in [0, 0.05) is 36.7 Å². The van der Waals surface area contributed by atoms with Crippen molar-refractivity contribution in [1.29, 1.82) is 0 Å². The maximum atomic E-state index is 12.3. The summed E-state index contributed by atoms with van der Waals surface area (Å²) < 4.78 is 10.7. The van der Waals surface area contributed by atoms with Crippen LogP contribution in [-0.2, 0) is 4.79 Å². The summed E-state index contributed by atoms with van der Waals surface area (Å²) in [6, 6.07) is 8.34. The number of hydrogen-bond acceptors (Lipinski definition) is 5. The fourth-order valence-corrected chi connectivity index (χ4v) is 3.03. The first kappa shape index (κ1) is 16.5. The maximum absolute atomic E-state index is 12.3. The molecular weight excluding hydrogens is 308 g/mol. The highest BCUT2D eigenvalue weighted by Gasteiger charge is 2.25. The zero-order valence-corrected chi connectivity index (χ0v) is 13.7. The van der Waals surface area contributed by atoms with E-state index < -0.39 is 5.63 Å². The molecule has 1 aromatic heterocycles. The summed E-state index contributed by atoms with van der Waals surface area (Å²) in [7, 11) is 0. The van der Waals surface area contributed by atoms with Crippen LogP contribution in [0.5, 0.6) is 5.75 Å². The second-order valence-electron chi connectivity index (χ2n) is 6.34. The summed E-state index contributed by atoms with van der Waals surface area (Å²) >= 11 is 0. The van der Waals surface area contributed by atoms with Gasteiger partial charge in [-0.1, -0.05) is 0 Å². The lowest BCUT2D eigenvalue weighted by atomic mass is 9.92. The zero-order valence-electron chi connectivity index (χ0n) is 13.7. The number of ether oxygens (including phenoxy) is 1. The fourth-order valence-electron chi connectivity index (χ4n) is 3.03. The van der Waals surface area contributed by atoms with Crippen LogP contribution < -0.4 is 16.1 Å². The van der Waals surface area contributed by atoms with Gasteiger partial charge in [0.2, 0.25) is 0 Å². The van der Waals surface area contributed by atoms with E-state index >= 15 is 0 Å². The number of hydrogen-bond donors (Lipinski definition) is 1. The van der Waals surface area contributed by atoms with Crippen LogP contribution in [0, 0.1) is 5.92 Å². The Hall–Kier alpha value is -2.34. The van der Waals surface area contributed by atoms with Gasteiger partial charge in [-0.2, -0.15) is 0 Å². The Morgan fingerprint density at radius 2 is 2.21 bits per heavy atom. The third-order valence-corrected chi connectivity index (χ3v) is 4.51. The van der Waals surface area contributed by atoms with Gasteiger partial charge in [0.1, 0.15) is 11.3 Å². The molecule has 128 valence electrons. The Morgan fingerprint density at radius 3 is 3.00 bits per heavy atom. The SMILES string of the molecule is CC(N)C1CCCN(C(=O)COc2ccc3ccc(=O)oc3c2)C1. The highest BCUT2D eigenvalue weighted by atomic mass is 16.5. The predicted molar refractivity (Wildman–Crippen MR) is 90.9 cm³/mol. The van der Waals surface area contributed by atoms with Crippen molar-refractivity contribution in [2.45, 2.75) is 25.8 Å². The fraction of sp³-hybridized carbons (Fsp3) is 0.444. The van der Waals surface area contributed by atoms with Crippen LogP contribution in [0.3, 0.4) is 0 Å². The molecule has 1 fully saturated rings. The Morgan fingerprint density at radius 1 is 1.42 bits per heavy atom. The van der Waals surface area contributed by atoms with E-state index in [4.69, 9.17) is 14.9 Å². The van der Waals surface area contributed by atoms with E-state index in [1.807, 2.05) is 11.8 Å². The number of fused-ring (bicyclic) bond motifs is 1. The largest absolute Gasteiger partial charge is 0.484 e. The van der Waals surface area contributed by atoms with Gasteiger partial charge < -0.3 is 19.8 Å². The van der Waals surface area contributed by atoms with Gasteiger partial charge in [-0.05, 0) is 43.9 Å². The molecule has 0 aliphatic carbocycles. The lowest BCUT2D eigenvalue weighted by Crippen LogP contribution is -2.46. The second-order valence-corrected chi connectivity index (χ2v) is 6.34. The van der Waals surface area contributed by atoms with E-state index in [1.54, 1.807) is 24.3 Å². The van der Waals surface area contributed by atoms with Crippen LogP contribution in [0.1, 0.15) is 19.8 Å². The highest BCUT2D eigenvalue weighted by molar-refractivity contribution is 5.79. The lowest BCUT2D eigenvalue weighted by Gasteiger charge is -2.34. The van der Waals surface area contributed by atoms with Crippen molar-refractivity contribution in [2.24, 2.45) is 11.7 Å². The maximum Gasteiger partial charge on any atom is 0.336 e. The number of carbonyl (C=O) groups is 1. The topological polar surface area (TPSA) is 85.8 Å². The number of amides is 1. The Balaban J connectivity index is 1.62. The van der Waals surface area contributed by atoms with Crippen molar-refractivity contribution in [3.63, 3.8) is 0 Å². The van der Waals surface area contributed by atoms with E-state index in [0.717, 1.165) is 24.8 Å². The molecule has 2 atom stereocenters. The van der Waals surface area contributed by atoms with Crippen LogP contribution in [0.4, 0.5) is 0 Å². The average Bonchev–Trinajstić information content (AvgIpc) is 2.59. The normalized spacial score (nSPS) is 19.2. The number of carbonyl (C=O) groups excluding carboxylic acids is 1. The first-order valence-corrected chi connectivity index (χ1v) is 8.23. The number of nitrogens with zero attached hydrogens (tertiary/aromatic N) is 1. The van der Waals surface area contributed by atoms with Gasteiger partial charge in [0.15, 0.2) is 6.61 Å². The number of rotatable bonds is 4. The minimum Gasteiger partial charge on any atom is -0.484 e. The molecule has 2 aromatic rings. The molecule has 24 heavy (non-hydrogen) atoms. The van der Waals surface area contributed by atoms with E-state index in [0.29, 0.717) is 23.8 Å². The molecule has 2 unspecified atom stereocenters. The Kier molecular flexibility index (Phi) is 4.85. The predicted octanol–water partition coefficient (Wildman–Crippen LogP) is 1.76.